The van der Waals surface area contributed by atoms with Gasteiger partial charge in [-0.3, -0.25) is 4.79 Å². The van der Waals surface area contributed by atoms with Crippen LogP contribution in [0.25, 0.3) is 0 Å². The molecule has 20 heavy (non-hydrogen) atoms. The van der Waals surface area contributed by atoms with Crippen molar-refractivity contribution < 1.29 is 14.3 Å². The van der Waals surface area contributed by atoms with Crippen molar-refractivity contribution in [2.45, 2.75) is 31.8 Å². The minimum atomic E-state index is -0.322. The summed E-state index contributed by atoms with van der Waals surface area (Å²) in [5.74, 6) is -0.0256. The van der Waals surface area contributed by atoms with Crippen LogP contribution in [0.2, 0.25) is 0 Å². The highest BCUT2D eigenvalue weighted by Gasteiger charge is 2.19. The maximum Gasteiger partial charge on any atom is 0.238 e. The standard InChI is InChI=1S/C15H21FN2O2/c16-12-4-6-13(7-5-12)18-15(20)10-17-9-11-2-1-3-14(19)8-11/h4-7,11,14,17,19H,1-3,8-10H2,(H,18,20). The molecule has 1 aromatic rings. The molecule has 1 saturated carbocycles. The fraction of sp³-hybridized carbons (Fsp3) is 0.533. The monoisotopic (exact) mass is 280 g/mol. The topological polar surface area (TPSA) is 61.4 Å². The third-order valence-corrected chi connectivity index (χ3v) is 3.60. The van der Waals surface area contributed by atoms with Crippen LogP contribution in [0, 0.1) is 11.7 Å². The first kappa shape index (κ1) is 14.9. The van der Waals surface area contributed by atoms with Crippen molar-refractivity contribution in [3.63, 3.8) is 0 Å². The quantitative estimate of drug-likeness (QED) is 0.772. The molecule has 1 aliphatic rings. The molecule has 110 valence electrons. The van der Waals surface area contributed by atoms with E-state index in [1.807, 2.05) is 0 Å². The second kappa shape index (κ2) is 7.36. The molecular weight excluding hydrogens is 259 g/mol. The Bertz CT molecular complexity index is 436. The van der Waals surface area contributed by atoms with Gasteiger partial charge in [-0.15, -0.1) is 0 Å². The van der Waals surface area contributed by atoms with Crippen molar-refractivity contribution in [1.29, 1.82) is 0 Å². The van der Waals surface area contributed by atoms with Crippen molar-refractivity contribution in [2.75, 3.05) is 18.4 Å². The highest BCUT2D eigenvalue weighted by Crippen LogP contribution is 2.23. The second-order valence-corrected chi connectivity index (χ2v) is 5.37. The van der Waals surface area contributed by atoms with Crippen LogP contribution in [0.1, 0.15) is 25.7 Å². The van der Waals surface area contributed by atoms with Crippen molar-refractivity contribution in [3.05, 3.63) is 30.1 Å². The summed E-state index contributed by atoms with van der Waals surface area (Å²) in [6, 6.07) is 5.69. The lowest BCUT2D eigenvalue weighted by Gasteiger charge is -2.25. The number of aliphatic hydroxyl groups is 1. The van der Waals surface area contributed by atoms with Crippen LogP contribution in [-0.4, -0.2) is 30.2 Å². The van der Waals surface area contributed by atoms with Gasteiger partial charge in [0.1, 0.15) is 5.82 Å². The average Bonchev–Trinajstić information content (AvgIpc) is 2.41. The number of hydrogen-bond donors (Lipinski definition) is 3. The highest BCUT2D eigenvalue weighted by atomic mass is 19.1. The highest BCUT2D eigenvalue weighted by molar-refractivity contribution is 5.92. The molecule has 0 saturated heterocycles. The number of carbonyl (C=O) groups excluding carboxylic acids is 1. The molecule has 0 spiro atoms. The Kier molecular flexibility index (Phi) is 5.49. The zero-order valence-corrected chi connectivity index (χ0v) is 11.4. The summed E-state index contributed by atoms with van der Waals surface area (Å²) >= 11 is 0. The van der Waals surface area contributed by atoms with E-state index in [9.17, 15) is 14.3 Å². The molecule has 2 rings (SSSR count). The molecule has 2 atom stereocenters. The van der Waals surface area contributed by atoms with Gasteiger partial charge in [-0.25, -0.2) is 4.39 Å². The Labute approximate surface area is 118 Å². The number of benzene rings is 1. The van der Waals surface area contributed by atoms with E-state index in [4.69, 9.17) is 0 Å². The largest absolute Gasteiger partial charge is 0.393 e. The van der Waals surface area contributed by atoms with E-state index >= 15 is 0 Å². The summed E-state index contributed by atoms with van der Waals surface area (Å²) in [7, 11) is 0. The molecule has 4 nitrogen and oxygen atoms in total. The maximum absolute atomic E-state index is 12.7. The third-order valence-electron chi connectivity index (χ3n) is 3.60. The molecule has 0 aromatic heterocycles. The molecule has 0 aliphatic heterocycles. The number of anilines is 1. The van der Waals surface area contributed by atoms with Crippen LogP contribution >= 0.6 is 0 Å². The van der Waals surface area contributed by atoms with E-state index in [0.29, 0.717) is 11.6 Å². The number of carbonyl (C=O) groups is 1. The zero-order chi connectivity index (χ0) is 14.4. The Hall–Kier alpha value is -1.46. The second-order valence-electron chi connectivity index (χ2n) is 5.37. The van der Waals surface area contributed by atoms with Crippen molar-refractivity contribution in [1.82, 2.24) is 5.32 Å². The number of aliphatic hydroxyl groups excluding tert-OH is 1. The molecule has 0 radical (unpaired) electrons. The van der Waals surface area contributed by atoms with Crippen LogP contribution in [0.3, 0.4) is 0 Å². The van der Waals surface area contributed by atoms with Gasteiger partial charge < -0.3 is 15.7 Å². The molecule has 1 fully saturated rings. The number of hydrogen-bond acceptors (Lipinski definition) is 3. The first-order chi connectivity index (χ1) is 9.63. The minimum Gasteiger partial charge on any atom is -0.393 e. The van der Waals surface area contributed by atoms with Crippen LogP contribution in [0.4, 0.5) is 10.1 Å². The minimum absolute atomic E-state index is 0.145. The first-order valence-electron chi connectivity index (χ1n) is 7.07. The van der Waals surface area contributed by atoms with E-state index in [1.54, 1.807) is 0 Å². The lowest BCUT2D eigenvalue weighted by atomic mass is 9.87. The summed E-state index contributed by atoms with van der Waals surface area (Å²) in [5.41, 5.74) is 0.589. The SMILES string of the molecule is O=C(CNCC1CCCC(O)C1)Nc1ccc(F)cc1. The normalized spacial score (nSPS) is 22.5. The van der Waals surface area contributed by atoms with Gasteiger partial charge in [-0.05, 0) is 56.0 Å². The lowest BCUT2D eigenvalue weighted by Crippen LogP contribution is -2.34. The molecule has 0 heterocycles. The van der Waals surface area contributed by atoms with Gasteiger partial charge in [-0.1, -0.05) is 6.42 Å². The average molecular weight is 280 g/mol. The summed E-state index contributed by atoms with van der Waals surface area (Å²) in [5, 5.41) is 15.4. The molecule has 1 aliphatic carbocycles. The molecule has 2 unspecified atom stereocenters. The summed E-state index contributed by atoms with van der Waals surface area (Å²) in [4.78, 5) is 11.7. The first-order valence-corrected chi connectivity index (χ1v) is 7.07. The van der Waals surface area contributed by atoms with Crippen molar-refractivity contribution in [2.24, 2.45) is 5.92 Å². The Morgan fingerprint density at radius 3 is 2.75 bits per heavy atom. The molecule has 0 bridgehead atoms. The molecule has 5 heteroatoms. The molecule has 3 N–H and O–H groups in total. The van der Waals surface area contributed by atoms with Gasteiger partial charge in [-0.2, -0.15) is 0 Å². The van der Waals surface area contributed by atoms with Crippen LogP contribution < -0.4 is 10.6 Å². The predicted molar refractivity (Wildman–Crippen MR) is 75.9 cm³/mol. The van der Waals surface area contributed by atoms with E-state index in [0.717, 1.165) is 32.2 Å². The van der Waals surface area contributed by atoms with E-state index in [2.05, 4.69) is 10.6 Å². The maximum atomic E-state index is 12.7. The van der Waals surface area contributed by atoms with Crippen molar-refractivity contribution >= 4 is 11.6 Å². The number of halogens is 1. The fourth-order valence-electron chi connectivity index (χ4n) is 2.58. The van der Waals surface area contributed by atoms with E-state index in [-0.39, 0.29) is 24.4 Å². The van der Waals surface area contributed by atoms with Crippen LogP contribution in [0.5, 0.6) is 0 Å². The van der Waals surface area contributed by atoms with Crippen LogP contribution in [0.15, 0.2) is 24.3 Å². The van der Waals surface area contributed by atoms with Gasteiger partial charge in [0.25, 0.3) is 0 Å². The zero-order valence-electron chi connectivity index (χ0n) is 11.4. The molecule has 1 aromatic carbocycles. The van der Waals surface area contributed by atoms with Crippen molar-refractivity contribution in [3.8, 4) is 0 Å². The van der Waals surface area contributed by atoms with Gasteiger partial charge in [0.15, 0.2) is 0 Å². The Morgan fingerprint density at radius 2 is 2.05 bits per heavy atom. The van der Waals surface area contributed by atoms with Gasteiger partial charge in [0.05, 0.1) is 12.6 Å². The lowest BCUT2D eigenvalue weighted by molar-refractivity contribution is -0.115. The third kappa shape index (κ3) is 4.90. The predicted octanol–water partition coefficient (Wildman–Crippen LogP) is 1.90. The van der Waals surface area contributed by atoms with Crippen LogP contribution in [-0.2, 0) is 4.79 Å². The fourth-order valence-corrected chi connectivity index (χ4v) is 2.58. The Balaban J connectivity index is 1.66. The smallest absolute Gasteiger partial charge is 0.238 e. The Morgan fingerprint density at radius 1 is 1.30 bits per heavy atom. The van der Waals surface area contributed by atoms with Gasteiger partial charge >= 0.3 is 0 Å². The summed E-state index contributed by atoms with van der Waals surface area (Å²) in [6.07, 6.45) is 3.66. The summed E-state index contributed by atoms with van der Waals surface area (Å²) in [6.45, 7) is 0.970. The number of rotatable bonds is 5. The molecule has 1 amide bonds. The van der Waals surface area contributed by atoms with E-state index < -0.39 is 0 Å². The summed E-state index contributed by atoms with van der Waals surface area (Å²) < 4.78 is 12.7. The van der Waals surface area contributed by atoms with Gasteiger partial charge in [0, 0.05) is 5.69 Å². The van der Waals surface area contributed by atoms with E-state index in [1.165, 1.54) is 24.3 Å². The van der Waals surface area contributed by atoms with Gasteiger partial charge in [0.2, 0.25) is 5.91 Å². The number of amides is 1. The molecular formula is C15H21FN2O2. The number of nitrogens with one attached hydrogen (secondary N) is 2.